The van der Waals surface area contributed by atoms with Crippen LogP contribution in [0.4, 0.5) is 13.2 Å². The van der Waals surface area contributed by atoms with Crippen LogP contribution in [0, 0.1) is 0 Å². The molecule has 10 heteroatoms. The zero-order valence-corrected chi connectivity index (χ0v) is 20.2. The average molecular weight is 565 g/mol. The van der Waals surface area contributed by atoms with Gasteiger partial charge in [0, 0.05) is 25.7 Å². The summed E-state index contributed by atoms with van der Waals surface area (Å²) in [5.41, 5.74) is 1.74. The lowest BCUT2D eigenvalue weighted by Gasteiger charge is -2.16. The number of alkyl halides is 3. The van der Waals surface area contributed by atoms with Gasteiger partial charge in [0.05, 0.1) is 7.11 Å². The molecule has 0 amide bonds. The Morgan fingerprint density at radius 2 is 1.75 bits per heavy atom. The molecule has 0 aliphatic heterocycles. The van der Waals surface area contributed by atoms with Crippen molar-refractivity contribution in [1.82, 2.24) is 10.6 Å². The van der Waals surface area contributed by atoms with Crippen molar-refractivity contribution in [3.63, 3.8) is 0 Å². The Bertz CT molecular complexity index is 892. The number of benzene rings is 2. The van der Waals surface area contributed by atoms with E-state index in [1.807, 2.05) is 24.3 Å². The molecule has 0 unspecified atom stereocenters. The third kappa shape index (κ3) is 9.25. The molecule has 2 N–H and O–H groups in total. The molecule has 0 saturated carbocycles. The zero-order chi connectivity index (χ0) is 22.7. The highest BCUT2D eigenvalue weighted by Crippen LogP contribution is 2.29. The minimum absolute atomic E-state index is 0. The van der Waals surface area contributed by atoms with E-state index < -0.39 is 12.8 Å². The standard InChI is InChI=1S/C22H26F3N3O3.HI/c1-4-11-30-18-8-6-5-7-17(18)14-28-21(26-2)27-13-16-9-10-19(20(12-16)29-3)31-15-22(23,24)25;/h4-10,12H,1,11,13-15H2,2-3H3,(H2,26,27,28);1H. The summed E-state index contributed by atoms with van der Waals surface area (Å²) in [4.78, 5) is 4.18. The number of aliphatic imine (C=N–C) groups is 1. The van der Waals surface area contributed by atoms with Crippen molar-refractivity contribution in [1.29, 1.82) is 0 Å². The molecule has 0 aromatic heterocycles. The molecule has 0 saturated heterocycles. The van der Waals surface area contributed by atoms with Gasteiger partial charge in [-0.2, -0.15) is 13.2 Å². The Balaban J connectivity index is 0.00000512. The lowest BCUT2D eigenvalue weighted by molar-refractivity contribution is -0.153. The molecule has 0 atom stereocenters. The normalized spacial score (nSPS) is 11.2. The first kappa shape index (κ1) is 27.4. The highest BCUT2D eigenvalue weighted by molar-refractivity contribution is 14.0. The Labute approximate surface area is 202 Å². The number of para-hydroxylation sites is 1. The number of nitrogens with zero attached hydrogens (tertiary/aromatic N) is 1. The van der Waals surface area contributed by atoms with E-state index in [0.717, 1.165) is 16.9 Å². The van der Waals surface area contributed by atoms with Crippen molar-refractivity contribution < 1.29 is 27.4 Å². The van der Waals surface area contributed by atoms with Gasteiger partial charge in [0.25, 0.3) is 0 Å². The van der Waals surface area contributed by atoms with Crippen LogP contribution in [0.15, 0.2) is 60.1 Å². The number of hydrogen-bond acceptors (Lipinski definition) is 4. The van der Waals surface area contributed by atoms with Crippen molar-refractivity contribution in [2.45, 2.75) is 19.3 Å². The second kappa shape index (κ2) is 13.7. The molecule has 6 nitrogen and oxygen atoms in total. The fourth-order valence-corrected chi connectivity index (χ4v) is 2.63. The lowest BCUT2D eigenvalue weighted by Crippen LogP contribution is -2.36. The summed E-state index contributed by atoms with van der Waals surface area (Å²) in [6.07, 6.45) is -2.74. The predicted molar refractivity (Wildman–Crippen MR) is 129 cm³/mol. The van der Waals surface area contributed by atoms with Crippen LogP contribution in [0.5, 0.6) is 17.2 Å². The third-order valence-corrected chi connectivity index (χ3v) is 4.08. The Morgan fingerprint density at radius 3 is 2.41 bits per heavy atom. The van der Waals surface area contributed by atoms with Crippen molar-refractivity contribution in [2.24, 2.45) is 4.99 Å². The molecule has 0 bridgehead atoms. The van der Waals surface area contributed by atoms with Gasteiger partial charge in [-0.05, 0) is 23.8 Å². The smallest absolute Gasteiger partial charge is 0.422 e. The van der Waals surface area contributed by atoms with Gasteiger partial charge in [-0.1, -0.05) is 36.9 Å². The van der Waals surface area contributed by atoms with Crippen molar-refractivity contribution >= 4 is 29.9 Å². The van der Waals surface area contributed by atoms with Crippen LogP contribution >= 0.6 is 24.0 Å². The second-order valence-corrected chi connectivity index (χ2v) is 6.38. The van der Waals surface area contributed by atoms with Crippen molar-refractivity contribution in [3.8, 4) is 17.2 Å². The molecule has 0 aliphatic carbocycles. The predicted octanol–water partition coefficient (Wildman–Crippen LogP) is 4.68. The summed E-state index contributed by atoms with van der Waals surface area (Å²) in [5, 5.41) is 6.35. The Kier molecular flexibility index (Phi) is 11.7. The first-order valence-electron chi connectivity index (χ1n) is 9.49. The highest BCUT2D eigenvalue weighted by atomic mass is 127. The quantitative estimate of drug-likeness (QED) is 0.190. The number of rotatable bonds is 10. The molecule has 0 heterocycles. The first-order valence-corrected chi connectivity index (χ1v) is 9.49. The van der Waals surface area contributed by atoms with E-state index in [4.69, 9.17) is 14.2 Å². The maximum atomic E-state index is 12.4. The van der Waals surface area contributed by atoms with Gasteiger partial charge >= 0.3 is 6.18 Å². The van der Waals surface area contributed by atoms with Gasteiger partial charge in [-0.3, -0.25) is 4.99 Å². The van der Waals surface area contributed by atoms with Crippen LogP contribution in [0.3, 0.4) is 0 Å². The van der Waals surface area contributed by atoms with Crippen LogP contribution in [-0.4, -0.2) is 39.5 Å². The minimum atomic E-state index is -4.42. The van der Waals surface area contributed by atoms with Gasteiger partial charge in [-0.15, -0.1) is 24.0 Å². The van der Waals surface area contributed by atoms with Gasteiger partial charge in [0.2, 0.25) is 0 Å². The van der Waals surface area contributed by atoms with Gasteiger partial charge in [0.15, 0.2) is 24.1 Å². The molecule has 176 valence electrons. The van der Waals surface area contributed by atoms with Gasteiger partial charge in [-0.25, -0.2) is 0 Å². The summed E-state index contributed by atoms with van der Waals surface area (Å²) in [5.74, 6) is 1.56. The number of nitrogens with one attached hydrogen (secondary N) is 2. The average Bonchev–Trinajstić information content (AvgIpc) is 2.76. The van der Waals surface area contributed by atoms with E-state index >= 15 is 0 Å². The number of ether oxygens (including phenoxy) is 3. The van der Waals surface area contributed by atoms with Crippen LogP contribution in [0.2, 0.25) is 0 Å². The first-order chi connectivity index (χ1) is 14.9. The van der Waals surface area contributed by atoms with E-state index in [1.54, 1.807) is 25.3 Å². The number of guanidine groups is 1. The number of hydrogen-bond donors (Lipinski definition) is 2. The second-order valence-electron chi connectivity index (χ2n) is 6.38. The summed E-state index contributed by atoms with van der Waals surface area (Å²) < 4.78 is 52.7. The molecule has 2 rings (SSSR count). The summed E-state index contributed by atoms with van der Waals surface area (Å²) in [6.45, 7) is 3.55. The van der Waals surface area contributed by atoms with Crippen LogP contribution < -0.4 is 24.8 Å². The van der Waals surface area contributed by atoms with Crippen LogP contribution in [0.1, 0.15) is 11.1 Å². The maximum Gasteiger partial charge on any atom is 0.422 e. The van der Waals surface area contributed by atoms with Crippen LogP contribution in [-0.2, 0) is 13.1 Å². The number of halogens is 4. The van der Waals surface area contributed by atoms with E-state index in [9.17, 15) is 13.2 Å². The van der Waals surface area contributed by atoms with Gasteiger partial charge in [0.1, 0.15) is 12.4 Å². The van der Waals surface area contributed by atoms with E-state index in [2.05, 4.69) is 22.2 Å². The molecular formula is C22H27F3IN3O3. The van der Waals surface area contributed by atoms with Crippen molar-refractivity contribution in [3.05, 3.63) is 66.2 Å². The fraction of sp³-hybridized carbons (Fsp3) is 0.318. The SMILES string of the molecule is C=CCOc1ccccc1CNC(=NC)NCc1ccc(OCC(F)(F)F)c(OC)c1.I. The maximum absolute atomic E-state index is 12.4. The fourth-order valence-electron chi connectivity index (χ4n) is 2.63. The third-order valence-electron chi connectivity index (χ3n) is 4.08. The molecule has 0 fully saturated rings. The van der Waals surface area contributed by atoms with Crippen molar-refractivity contribution in [2.75, 3.05) is 27.4 Å². The topological polar surface area (TPSA) is 64.1 Å². The summed E-state index contributed by atoms with van der Waals surface area (Å²) in [6, 6.07) is 12.4. The van der Waals surface area contributed by atoms with Crippen LogP contribution in [0.25, 0.3) is 0 Å². The molecule has 0 aliphatic rings. The molecule has 2 aromatic rings. The molecular weight excluding hydrogens is 538 g/mol. The molecule has 0 radical (unpaired) electrons. The zero-order valence-electron chi connectivity index (χ0n) is 17.9. The summed E-state index contributed by atoms with van der Waals surface area (Å²) >= 11 is 0. The monoisotopic (exact) mass is 565 g/mol. The largest absolute Gasteiger partial charge is 0.493 e. The Hall–Kier alpha value is -2.63. The Morgan fingerprint density at radius 1 is 1.03 bits per heavy atom. The van der Waals surface area contributed by atoms with E-state index in [-0.39, 0.29) is 35.5 Å². The molecule has 2 aromatic carbocycles. The lowest BCUT2D eigenvalue weighted by atomic mass is 10.2. The molecule has 32 heavy (non-hydrogen) atoms. The van der Waals surface area contributed by atoms with E-state index in [1.165, 1.54) is 13.2 Å². The minimum Gasteiger partial charge on any atom is -0.493 e. The number of methoxy groups -OCH3 is 1. The highest BCUT2D eigenvalue weighted by Gasteiger charge is 2.29. The van der Waals surface area contributed by atoms with E-state index in [0.29, 0.717) is 25.7 Å². The summed E-state index contributed by atoms with van der Waals surface area (Å²) in [7, 11) is 3.02. The van der Waals surface area contributed by atoms with Gasteiger partial charge < -0.3 is 24.8 Å². The molecule has 0 spiro atoms.